The Morgan fingerprint density at radius 1 is 1.24 bits per heavy atom. The molecule has 1 aromatic heterocycles. The molecule has 2 amide bonds. The molecule has 0 saturated carbocycles. The quantitative estimate of drug-likeness (QED) is 0.318. The maximum Gasteiger partial charge on any atom is 0.324 e. The minimum absolute atomic E-state index is 0.0617. The van der Waals surface area contributed by atoms with Crippen molar-refractivity contribution >= 4 is 51.8 Å². The fourth-order valence-electron chi connectivity index (χ4n) is 5.75. The predicted molar refractivity (Wildman–Crippen MR) is 153 cm³/mol. The number of fused-ring (bicyclic) bond motifs is 2. The highest BCUT2D eigenvalue weighted by molar-refractivity contribution is 7.09. The molecule has 1 spiro atoms. The second kappa shape index (κ2) is 10.0. The van der Waals surface area contributed by atoms with E-state index < -0.39 is 17.3 Å². The van der Waals surface area contributed by atoms with Crippen LogP contribution in [0.2, 0.25) is 5.02 Å². The number of amides is 2. The van der Waals surface area contributed by atoms with Gasteiger partial charge in [0.25, 0.3) is 0 Å². The van der Waals surface area contributed by atoms with Crippen molar-refractivity contribution in [1.82, 2.24) is 9.88 Å². The molecule has 10 heteroatoms. The summed E-state index contributed by atoms with van der Waals surface area (Å²) in [5, 5.41) is 19.4. The van der Waals surface area contributed by atoms with Crippen molar-refractivity contribution in [3.63, 3.8) is 0 Å². The lowest BCUT2D eigenvalue weighted by molar-refractivity contribution is 0.125. The number of aryl methyl sites for hydroxylation is 1. The molecule has 0 aliphatic carbocycles. The maximum absolute atomic E-state index is 14.9. The van der Waals surface area contributed by atoms with E-state index in [-0.39, 0.29) is 16.2 Å². The minimum Gasteiger partial charge on any atom is -0.506 e. The summed E-state index contributed by atoms with van der Waals surface area (Å²) in [6, 6.07) is 8.06. The van der Waals surface area contributed by atoms with E-state index >= 15 is 0 Å². The first-order valence-corrected chi connectivity index (χ1v) is 14.0. The van der Waals surface area contributed by atoms with Crippen LogP contribution in [0, 0.1) is 18.2 Å². The van der Waals surface area contributed by atoms with Crippen LogP contribution in [0.5, 0.6) is 5.75 Å². The van der Waals surface area contributed by atoms with Gasteiger partial charge in [0.05, 0.1) is 27.1 Å². The molecule has 3 aromatic rings. The number of para-hydroxylation sites is 2. The summed E-state index contributed by atoms with van der Waals surface area (Å²) in [4.78, 5) is 21.5. The van der Waals surface area contributed by atoms with Gasteiger partial charge in [-0.2, -0.15) is 0 Å². The summed E-state index contributed by atoms with van der Waals surface area (Å²) in [5.74, 6) is -0.298. The molecule has 202 valence electrons. The first-order valence-electron chi connectivity index (χ1n) is 12.8. The predicted octanol–water partition coefficient (Wildman–Crippen LogP) is 7.13. The van der Waals surface area contributed by atoms with Crippen LogP contribution in [0.15, 0.2) is 35.7 Å². The highest BCUT2D eigenvalue weighted by Gasteiger charge is 2.49. The number of benzene rings is 2. The number of nitrogens with one attached hydrogen (secondary N) is 2. The molecule has 7 nitrogen and oxygen atoms in total. The van der Waals surface area contributed by atoms with Crippen molar-refractivity contribution in [2.45, 2.75) is 46.0 Å². The van der Waals surface area contributed by atoms with Crippen molar-refractivity contribution < 1.29 is 14.3 Å². The molecular formula is C28H33ClFN5O2S. The molecular weight excluding hydrogens is 525 g/mol. The molecule has 0 bridgehead atoms. The zero-order valence-corrected chi connectivity index (χ0v) is 23.6. The second-order valence-electron chi connectivity index (χ2n) is 11.5. The Kier molecular flexibility index (Phi) is 7.04. The van der Waals surface area contributed by atoms with Crippen LogP contribution >= 0.6 is 22.9 Å². The number of aromatic hydroxyl groups is 1. The lowest BCUT2D eigenvalue weighted by atomic mass is 9.73. The number of hydrogen-bond donors (Lipinski definition) is 3. The molecule has 0 atom stereocenters. The van der Waals surface area contributed by atoms with Crippen LogP contribution in [0.4, 0.5) is 32.1 Å². The number of urea groups is 1. The van der Waals surface area contributed by atoms with E-state index in [0.717, 1.165) is 43.5 Å². The van der Waals surface area contributed by atoms with Crippen molar-refractivity contribution in [1.29, 1.82) is 0 Å². The molecule has 38 heavy (non-hydrogen) atoms. The number of anilines is 4. The average Bonchev–Trinajstić information content (AvgIpc) is 3.40. The molecule has 0 unspecified atom stereocenters. The Labute approximate surface area is 231 Å². The SMILES string of the molecule is Cc1nc(NC(=O)Nc2ccccc2N2CC3(CCN(CC(C)(C)C)CC3)c3c(Cl)c(F)cc(O)c32)cs1. The first-order chi connectivity index (χ1) is 18.0. The normalized spacial score (nSPS) is 17.1. The third kappa shape index (κ3) is 5.19. The molecule has 2 aliphatic rings. The first kappa shape index (κ1) is 26.7. The van der Waals surface area contributed by atoms with Gasteiger partial charge in [0, 0.05) is 35.5 Å². The Hall–Kier alpha value is -2.88. The molecule has 1 saturated heterocycles. The van der Waals surface area contributed by atoms with E-state index in [9.17, 15) is 14.3 Å². The average molecular weight is 558 g/mol. The lowest BCUT2D eigenvalue weighted by Crippen LogP contribution is -2.47. The van der Waals surface area contributed by atoms with Crippen LogP contribution in [0.3, 0.4) is 0 Å². The Bertz CT molecular complexity index is 1360. The third-order valence-corrected chi connectivity index (χ3v) is 8.39. The second-order valence-corrected chi connectivity index (χ2v) is 12.9. The number of carbonyl (C=O) groups excluding carboxylic acids is 1. The zero-order valence-electron chi connectivity index (χ0n) is 22.1. The maximum atomic E-state index is 14.9. The minimum atomic E-state index is -0.620. The summed E-state index contributed by atoms with van der Waals surface area (Å²) >= 11 is 8.09. The van der Waals surface area contributed by atoms with Gasteiger partial charge in [-0.05, 0) is 50.4 Å². The molecule has 3 heterocycles. The van der Waals surface area contributed by atoms with Crippen molar-refractivity contribution in [2.75, 3.05) is 41.7 Å². The third-order valence-electron chi connectivity index (χ3n) is 7.25. The fraction of sp³-hybridized carbons (Fsp3) is 0.429. The summed E-state index contributed by atoms with van der Waals surface area (Å²) in [6.07, 6.45) is 1.57. The molecule has 0 radical (unpaired) electrons. The Balaban J connectivity index is 1.48. The molecule has 5 rings (SSSR count). The number of thiazole rings is 1. The molecule has 3 N–H and O–H groups in total. The molecule has 2 aromatic carbocycles. The smallest absolute Gasteiger partial charge is 0.324 e. The van der Waals surface area contributed by atoms with Gasteiger partial charge in [-0.25, -0.2) is 14.2 Å². The number of rotatable bonds is 4. The van der Waals surface area contributed by atoms with Crippen LogP contribution in [-0.4, -0.2) is 47.2 Å². The highest BCUT2D eigenvalue weighted by Crippen LogP contribution is 2.57. The van der Waals surface area contributed by atoms with E-state index in [1.165, 1.54) is 11.3 Å². The summed E-state index contributed by atoms with van der Waals surface area (Å²) in [5.41, 5.74) is 2.17. The Morgan fingerprint density at radius 2 is 1.95 bits per heavy atom. The summed E-state index contributed by atoms with van der Waals surface area (Å²) in [6.45, 7) is 11.8. The van der Waals surface area contributed by atoms with Gasteiger partial charge in [0.2, 0.25) is 0 Å². The van der Waals surface area contributed by atoms with E-state index in [4.69, 9.17) is 11.6 Å². The van der Waals surface area contributed by atoms with Gasteiger partial charge in [-0.3, -0.25) is 5.32 Å². The molecule has 2 aliphatic heterocycles. The Morgan fingerprint density at radius 3 is 2.61 bits per heavy atom. The number of phenols is 1. The van der Waals surface area contributed by atoms with Gasteiger partial charge >= 0.3 is 6.03 Å². The summed E-state index contributed by atoms with van der Waals surface area (Å²) < 4.78 is 14.9. The molecule has 1 fully saturated rings. The monoisotopic (exact) mass is 557 g/mol. The van der Waals surface area contributed by atoms with Crippen molar-refractivity contribution in [3.05, 3.63) is 57.1 Å². The number of hydrogen-bond acceptors (Lipinski definition) is 6. The fourth-order valence-corrected chi connectivity index (χ4v) is 6.64. The number of phenolic OH excluding ortho intramolecular Hbond substituents is 1. The van der Waals surface area contributed by atoms with Crippen LogP contribution in [-0.2, 0) is 5.41 Å². The number of nitrogens with zero attached hydrogens (tertiary/aromatic N) is 3. The van der Waals surface area contributed by atoms with Crippen LogP contribution in [0.1, 0.15) is 44.2 Å². The largest absolute Gasteiger partial charge is 0.506 e. The zero-order chi connectivity index (χ0) is 27.2. The number of aromatic nitrogens is 1. The van der Waals surface area contributed by atoms with E-state index in [0.29, 0.717) is 35.0 Å². The topological polar surface area (TPSA) is 80.7 Å². The number of piperidine rings is 1. The van der Waals surface area contributed by atoms with Crippen LogP contribution in [0.25, 0.3) is 0 Å². The van der Waals surface area contributed by atoms with E-state index in [1.54, 1.807) is 11.4 Å². The number of likely N-dealkylation sites (tertiary alicyclic amines) is 1. The van der Waals surface area contributed by atoms with Crippen molar-refractivity contribution in [3.8, 4) is 5.75 Å². The van der Waals surface area contributed by atoms with Gasteiger partial charge in [-0.15, -0.1) is 11.3 Å². The van der Waals surface area contributed by atoms with Crippen LogP contribution < -0.4 is 15.5 Å². The lowest BCUT2D eigenvalue weighted by Gasteiger charge is -2.42. The van der Waals surface area contributed by atoms with Gasteiger partial charge in [-0.1, -0.05) is 44.5 Å². The van der Waals surface area contributed by atoms with E-state index in [2.05, 4.69) is 41.3 Å². The summed E-state index contributed by atoms with van der Waals surface area (Å²) in [7, 11) is 0. The highest BCUT2D eigenvalue weighted by atomic mass is 35.5. The van der Waals surface area contributed by atoms with E-state index in [1.807, 2.05) is 30.0 Å². The van der Waals surface area contributed by atoms with Gasteiger partial charge < -0.3 is 20.2 Å². The number of carbonyl (C=O) groups is 1. The van der Waals surface area contributed by atoms with Crippen molar-refractivity contribution in [2.24, 2.45) is 5.41 Å². The van der Waals surface area contributed by atoms with Gasteiger partial charge in [0.15, 0.2) is 0 Å². The van der Waals surface area contributed by atoms with Gasteiger partial charge in [0.1, 0.15) is 17.4 Å². The standard InChI is InChI=1S/C28H33ClFN5O2S/c1-17-31-22(14-38-17)33-26(37)32-19-7-5-6-8-20(19)35-16-28(9-11-34(12-10-28)15-27(2,3)4)23-24(29)18(30)13-21(36)25(23)35/h5-8,13-14,36H,9-12,15-16H2,1-4H3,(H2,32,33,37). The number of halogens is 2.